The van der Waals surface area contributed by atoms with E-state index in [0.717, 1.165) is 36.9 Å². The van der Waals surface area contributed by atoms with E-state index in [0.29, 0.717) is 23.7 Å². The Bertz CT molecular complexity index is 1080. The molecule has 34 heavy (non-hydrogen) atoms. The molecule has 0 radical (unpaired) electrons. The van der Waals surface area contributed by atoms with Crippen molar-refractivity contribution in [3.8, 4) is 22.8 Å². The van der Waals surface area contributed by atoms with Crippen LogP contribution in [0, 0.1) is 5.92 Å². The fourth-order valence-electron chi connectivity index (χ4n) is 5.37. The molecule has 0 aliphatic heterocycles. The van der Waals surface area contributed by atoms with Crippen molar-refractivity contribution in [1.82, 2.24) is 15.5 Å². The number of hydrogen-bond donors (Lipinski definition) is 1. The molecule has 0 bridgehead atoms. The van der Waals surface area contributed by atoms with E-state index in [1.54, 1.807) is 0 Å². The lowest BCUT2D eigenvalue weighted by atomic mass is 9.84. The summed E-state index contributed by atoms with van der Waals surface area (Å²) in [6, 6.07) is 17.2. The molecule has 6 heteroatoms. The second kappa shape index (κ2) is 10.5. The lowest BCUT2D eigenvalue weighted by Gasteiger charge is -2.21. The normalized spacial score (nSPS) is 21.0. The highest BCUT2D eigenvalue weighted by atomic mass is 16.5. The molecule has 2 atom stereocenters. The van der Waals surface area contributed by atoms with Crippen LogP contribution < -0.4 is 5.32 Å². The van der Waals surface area contributed by atoms with Gasteiger partial charge in [0.25, 0.3) is 5.89 Å². The predicted molar refractivity (Wildman–Crippen MR) is 131 cm³/mol. The summed E-state index contributed by atoms with van der Waals surface area (Å²) in [6.07, 6.45) is 9.38. The fourth-order valence-corrected chi connectivity index (χ4v) is 5.37. The van der Waals surface area contributed by atoms with Crippen LogP contribution >= 0.6 is 0 Å². The summed E-state index contributed by atoms with van der Waals surface area (Å²) in [5.41, 5.74) is 4.50. The number of benzene rings is 2. The number of esters is 1. The van der Waals surface area contributed by atoms with E-state index in [1.165, 1.54) is 50.3 Å². The van der Waals surface area contributed by atoms with Gasteiger partial charge in [-0.2, -0.15) is 4.98 Å². The van der Waals surface area contributed by atoms with Crippen LogP contribution in [-0.4, -0.2) is 29.3 Å². The van der Waals surface area contributed by atoms with Crippen LogP contribution in [0.4, 0.5) is 0 Å². The van der Waals surface area contributed by atoms with E-state index in [2.05, 4.69) is 51.9 Å². The molecule has 178 valence electrons. The molecule has 0 unspecified atom stereocenters. The van der Waals surface area contributed by atoms with E-state index in [4.69, 9.17) is 9.26 Å². The second-order valence-corrected chi connectivity index (χ2v) is 9.69. The van der Waals surface area contributed by atoms with Crippen molar-refractivity contribution >= 4 is 5.97 Å². The molecular weight excluding hydrogens is 426 g/mol. The van der Waals surface area contributed by atoms with Crippen LogP contribution in [-0.2, 0) is 16.1 Å². The van der Waals surface area contributed by atoms with Gasteiger partial charge in [-0.3, -0.25) is 4.79 Å². The van der Waals surface area contributed by atoms with Gasteiger partial charge in [0.2, 0.25) is 5.82 Å². The zero-order valence-corrected chi connectivity index (χ0v) is 19.8. The molecule has 1 heterocycles. The monoisotopic (exact) mass is 459 g/mol. The molecule has 2 fully saturated rings. The molecule has 0 spiro atoms. The van der Waals surface area contributed by atoms with Gasteiger partial charge in [0.05, 0.1) is 13.0 Å². The Hall–Kier alpha value is -2.99. The number of rotatable bonds is 7. The molecule has 1 N–H and O–H groups in total. The molecule has 0 saturated heterocycles. The van der Waals surface area contributed by atoms with Crippen LogP contribution in [0.2, 0.25) is 0 Å². The summed E-state index contributed by atoms with van der Waals surface area (Å²) in [5.74, 6) is 1.78. The maximum atomic E-state index is 11.7. The summed E-state index contributed by atoms with van der Waals surface area (Å²) in [7, 11) is 1.46. The maximum Gasteiger partial charge on any atom is 0.308 e. The summed E-state index contributed by atoms with van der Waals surface area (Å²) in [5, 5.41) is 7.76. The standard InChI is InChI=1S/C28H33N3O3/c1-33-28(32)24-15-16-25(17-24)29-18-19-7-9-22(10-8-19)26-30-27(34-31-26)23-13-11-21(12-14-23)20-5-3-2-4-6-20/h7-14,20,24-25,29H,2-6,15-18H2,1H3/t24-,25+/m0/s1. The fraction of sp³-hybridized carbons (Fsp3) is 0.464. The largest absolute Gasteiger partial charge is 0.469 e. The van der Waals surface area contributed by atoms with Gasteiger partial charge in [0, 0.05) is 23.7 Å². The Morgan fingerprint density at radius 3 is 2.44 bits per heavy atom. The van der Waals surface area contributed by atoms with Crippen LogP contribution in [0.5, 0.6) is 0 Å². The van der Waals surface area contributed by atoms with Crippen molar-refractivity contribution in [3.63, 3.8) is 0 Å². The smallest absolute Gasteiger partial charge is 0.308 e. The number of nitrogens with one attached hydrogen (secondary N) is 1. The quantitative estimate of drug-likeness (QED) is 0.445. The zero-order chi connectivity index (χ0) is 23.3. The average molecular weight is 460 g/mol. The van der Waals surface area contributed by atoms with Crippen LogP contribution in [0.1, 0.15) is 68.4 Å². The van der Waals surface area contributed by atoms with Crippen LogP contribution in [0.25, 0.3) is 22.8 Å². The number of ether oxygens (including phenoxy) is 1. The summed E-state index contributed by atoms with van der Waals surface area (Å²) < 4.78 is 10.4. The lowest BCUT2D eigenvalue weighted by Crippen LogP contribution is -2.26. The van der Waals surface area contributed by atoms with E-state index in [-0.39, 0.29) is 11.9 Å². The van der Waals surface area contributed by atoms with Crippen molar-refractivity contribution in [2.75, 3.05) is 7.11 Å². The lowest BCUT2D eigenvalue weighted by molar-refractivity contribution is -0.145. The van der Waals surface area contributed by atoms with Gasteiger partial charge in [-0.25, -0.2) is 0 Å². The summed E-state index contributed by atoms with van der Waals surface area (Å²) in [4.78, 5) is 16.3. The minimum absolute atomic E-state index is 0.0285. The molecule has 0 amide bonds. The number of carbonyl (C=O) groups is 1. The first-order valence-corrected chi connectivity index (χ1v) is 12.5. The molecule has 2 aliphatic carbocycles. The first-order chi connectivity index (χ1) is 16.7. The van der Waals surface area contributed by atoms with E-state index >= 15 is 0 Å². The highest BCUT2D eigenvalue weighted by molar-refractivity contribution is 5.72. The molecule has 1 aromatic heterocycles. The number of carbonyl (C=O) groups excluding carboxylic acids is 1. The Labute approximate surface area is 201 Å². The van der Waals surface area contributed by atoms with Gasteiger partial charge in [0.15, 0.2) is 0 Å². The van der Waals surface area contributed by atoms with Crippen molar-refractivity contribution in [3.05, 3.63) is 59.7 Å². The number of hydrogen-bond acceptors (Lipinski definition) is 6. The summed E-state index contributed by atoms with van der Waals surface area (Å²) in [6.45, 7) is 0.768. The van der Waals surface area contributed by atoms with Gasteiger partial charge in [-0.15, -0.1) is 0 Å². The maximum absolute atomic E-state index is 11.7. The van der Waals surface area contributed by atoms with Gasteiger partial charge in [-0.05, 0) is 61.3 Å². The van der Waals surface area contributed by atoms with E-state index < -0.39 is 0 Å². The van der Waals surface area contributed by atoms with Gasteiger partial charge < -0.3 is 14.6 Å². The third-order valence-electron chi connectivity index (χ3n) is 7.43. The van der Waals surface area contributed by atoms with Crippen molar-refractivity contribution in [2.24, 2.45) is 5.92 Å². The molecule has 5 rings (SSSR count). The van der Waals surface area contributed by atoms with Gasteiger partial charge in [-0.1, -0.05) is 60.8 Å². The zero-order valence-electron chi connectivity index (χ0n) is 19.8. The first-order valence-electron chi connectivity index (χ1n) is 12.5. The molecule has 2 saturated carbocycles. The number of nitrogens with zero attached hydrogens (tertiary/aromatic N) is 2. The van der Waals surface area contributed by atoms with Crippen molar-refractivity contribution in [1.29, 1.82) is 0 Å². The van der Waals surface area contributed by atoms with E-state index in [9.17, 15) is 4.79 Å². The molecule has 2 aromatic carbocycles. The van der Waals surface area contributed by atoms with Crippen LogP contribution in [0.15, 0.2) is 53.1 Å². The van der Waals surface area contributed by atoms with Crippen molar-refractivity contribution < 1.29 is 14.1 Å². The molecule has 2 aliphatic rings. The molecular formula is C28H33N3O3. The Kier molecular flexibility index (Phi) is 7.05. The number of aromatic nitrogens is 2. The highest BCUT2D eigenvalue weighted by Crippen LogP contribution is 2.33. The Balaban J connectivity index is 1.17. The Morgan fingerprint density at radius 2 is 1.71 bits per heavy atom. The van der Waals surface area contributed by atoms with Crippen LogP contribution in [0.3, 0.4) is 0 Å². The topological polar surface area (TPSA) is 77.2 Å². The highest BCUT2D eigenvalue weighted by Gasteiger charge is 2.30. The van der Waals surface area contributed by atoms with Gasteiger partial charge in [0.1, 0.15) is 0 Å². The minimum Gasteiger partial charge on any atom is -0.469 e. The second-order valence-electron chi connectivity index (χ2n) is 9.69. The third kappa shape index (κ3) is 5.22. The SMILES string of the molecule is COC(=O)[C@H]1CC[C@@H](NCc2ccc(-c3noc(-c4ccc(C5CCCCC5)cc4)n3)cc2)C1. The van der Waals surface area contributed by atoms with Crippen molar-refractivity contribution in [2.45, 2.75) is 69.9 Å². The Morgan fingerprint density at radius 1 is 0.971 bits per heavy atom. The van der Waals surface area contributed by atoms with E-state index in [1.807, 2.05) is 12.1 Å². The number of methoxy groups -OCH3 is 1. The third-order valence-corrected chi connectivity index (χ3v) is 7.43. The minimum atomic E-state index is -0.0895. The first kappa shape index (κ1) is 22.8. The van der Waals surface area contributed by atoms with Gasteiger partial charge >= 0.3 is 5.97 Å². The summed E-state index contributed by atoms with van der Waals surface area (Å²) >= 11 is 0. The predicted octanol–water partition coefficient (Wildman–Crippen LogP) is 5.88. The molecule has 6 nitrogen and oxygen atoms in total. The molecule has 3 aromatic rings. The average Bonchev–Trinajstić information content (AvgIpc) is 3.58.